The average molecular weight is 680 g/mol. The first kappa shape index (κ1) is 46.2. The third-order valence-corrected chi connectivity index (χ3v) is 9.37. The van der Waals surface area contributed by atoms with Gasteiger partial charge in [-0.25, -0.2) is 4.79 Å². The molecular formula is C41H77NO6. The van der Waals surface area contributed by atoms with E-state index in [1.54, 1.807) is 0 Å². The second-order valence-electron chi connectivity index (χ2n) is 14.2. The van der Waals surface area contributed by atoms with Gasteiger partial charge in [-0.1, -0.05) is 194 Å². The first-order valence-electron chi connectivity index (χ1n) is 20.6. The van der Waals surface area contributed by atoms with Gasteiger partial charge in [-0.05, 0) is 19.3 Å². The van der Waals surface area contributed by atoms with Gasteiger partial charge in [0.15, 0.2) is 0 Å². The van der Waals surface area contributed by atoms with Gasteiger partial charge in [0.1, 0.15) is 6.04 Å². The van der Waals surface area contributed by atoms with E-state index in [1.807, 2.05) is 0 Å². The van der Waals surface area contributed by atoms with Crippen molar-refractivity contribution in [1.29, 1.82) is 0 Å². The fourth-order valence-electron chi connectivity index (χ4n) is 6.14. The Morgan fingerprint density at radius 1 is 0.375 bits per heavy atom. The van der Waals surface area contributed by atoms with Gasteiger partial charge in [-0.3, -0.25) is 14.4 Å². The SMILES string of the molecule is CCCCCCCCCCCCCCCCCC(=O)OC(=O)CCC(N)C(=O)OC(=O)CCCCCCCCCCCCCCCCC. The first-order valence-corrected chi connectivity index (χ1v) is 20.6. The van der Waals surface area contributed by atoms with Crippen molar-refractivity contribution in [2.24, 2.45) is 5.73 Å². The van der Waals surface area contributed by atoms with Gasteiger partial charge < -0.3 is 15.2 Å². The molecule has 0 spiro atoms. The molecule has 0 aromatic heterocycles. The van der Waals surface area contributed by atoms with E-state index in [1.165, 1.54) is 154 Å². The smallest absolute Gasteiger partial charge is 0.330 e. The van der Waals surface area contributed by atoms with Crippen LogP contribution in [0.15, 0.2) is 0 Å². The maximum Gasteiger partial charge on any atom is 0.330 e. The molecule has 1 atom stereocenters. The summed E-state index contributed by atoms with van der Waals surface area (Å²) < 4.78 is 9.73. The summed E-state index contributed by atoms with van der Waals surface area (Å²) in [5, 5.41) is 0. The maximum atomic E-state index is 12.1. The van der Waals surface area contributed by atoms with Crippen LogP contribution in [0.1, 0.15) is 232 Å². The lowest BCUT2D eigenvalue weighted by molar-refractivity contribution is -0.160. The largest absolute Gasteiger partial charge is 0.393 e. The predicted octanol–water partition coefficient (Wildman–Crippen LogP) is 11.8. The summed E-state index contributed by atoms with van der Waals surface area (Å²) in [4.78, 5) is 48.1. The molecule has 0 aliphatic rings. The minimum absolute atomic E-state index is 0.0316. The number of esters is 4. The van der Waals surface area contributed by atoms with Gasteiger partial charge >= 0.3 is 23.9 Å². The Morgan fingerprint density at radius 2 is 0.625 bits per heavy atom. The van der Waals surface area contributed by atoms with E-state index in [9.17, 15) is 19.2 Å². The predicted molar refractivity (Wildman–Crippen MR) is 198 cm³/mol. The molecule has 2 N–H and O–H groups in total. The lowest BCUT2D eigenvalue weighted by Crippen LogP contribution is -2.34. The zero-order chi connectivity index (χ0) is 35.3. The van der Waals surface area contributed by atoms with E-state index >= 15 is 0 Å². The Kier molecular flexibility index (Phi) is 35.2. The topological polar surface area (TPSA) is 113 Å². The molecule has 0 amide bonds. The highest BCUT2D eigenvalue weighted by Crippen LogP contribution is 2.16. The molecule has 282 valence electrons. The standard InChI is InChI=1S/C41H77NO6/c1-3-5-7-9-11-13-15-17-19-21-23-25-27-29-31-33-38(43)47-40(45)36-35-37(42)41(46)48-39(44)34-32-30-28-26-24-22-20-18-16-14-12-10-8-6-4-2/h37H,3-36,42H2,1-2H3. The van der Waals surface area contributed by atoms with Gasteiger partial charge in [0, 0.05) is 19.3 Å². The van der Waals surface area contributed by atoms with Gasteiger partial charge in [-0.2, -0.15) is 0 Å². The number of carbonyl (C=O) groups is 4. The highest BCUT2D eigenvalue weighted by Gasteiger charge is 2.21. The second kappa shape index (κ2) is 36.5. The molecule has 0 bridgehead atoms. The number of rotatable bonds is 36. The highest BCUT2D eigenvalue weighted by atomic mass is 16.6. The molecule has 48 heavy (non-hydrogen) atoms. The van der Waals surface area contributed by atoms with Crippen LogP contribution in [-0.4, -0.2) is 29.9 Å². The van der Waals surface area contributed by atoms with Gasteiger partial charge in [0.25, 0.3) is 0 Å². The minimum atomic E-state index is -1.10. The minimum Gasteiger partial charge on any atom is -0.393 e. The molecule has 0 heterocycles. The number of hydrogen-bond donors (Lipinski definition) is 1. The van der Waals surface area contributed by atoms with Crippen LogP contribution in [-0.2, 0) is 28.7 Å². The number of nitrogens with two attached hydrogens (primary N) is 1. The molecule has 0 aromatic rings. The van der Waals surface area contributed by atoms with Gasteiger partial charge in [0.2, 0.25) is 0 Å². The van der Waals surface area contributed by atoms with Crippen LogP contribution in [0.2, 0.25) is 0 Å². The molecule has 0 aliphatic heterocycles. The van der Waals surface area contributed by atoms with Crippen LogP contribution in [0.4, 0.5) is 0 Å². The van der Waals surface area contributed by atoms with Gasteiger partial charge in [-0.15, -0.1) is 0 Å². The monoisotopic (exact) mass is 680 g/mol. The fourth-order valence-corrected chi connectivity index (χ4v) is 6.14. The number of carbonyl (C=O) groups excluding carboxylic acids is 4. The van der Waals surface area contributed by atoms with Crippen molar-refractivity contribution >= 4 is 23.9 Å². The molecular weight excluding hydrogens is 602 g/mol. The van der Waals surface area contributed by atoms with Crippen molar-refractivity contribution in [2.45, 2.75) is 238 Å². The molecule has 0 aliphatic carbocycles. The summed E-state index contributed by atoms with van der Waals surface area (Å²) in [5.41, 5.74) is 5.81. The van der Waals surface area contributed by atoms with Crippen LogP contribution in [0.25, 0.3) is 0 Å². The van der Waals surface area contributed by atoms with E-state index in [-0.39, 0.29) is 25.7 Å². The van der Waals surface area contributed by atoms with Gasteiger partial charge in [0.05, 0.1) is 0 Å². The van der Waals surface area contributed by atoms with Crippen molar-refractivity contribution in [1.82, 2.24) is 0 Å². The van der Waals surface area contributed by atoms with E-state index in [0.717, 1.165) is 25.7 Å². The average Bonchev–Trinajstić information content (AvgIpc) is 3.07. The summed E-state index contributed by atoms with van der Waals surface area (Å²) >= 11 is 0. The van der Waals surface area contributed by atoms with E-state index < -0.39 is 29.9 Å². The molecule has 0 fully saturated rings. The second-order valence-corrected chi connectivity index (χ2v) is 14.2. The summed E-state index contributed by atoms with van der Waals surface area (Å²) in [6.45, 7) is 4.51. The molecule has 0 aromatic carbocycles. The van der Waals surface area contributed by atoms with Crippen LogP contribution in [0.5, 0.6) is 0 Å². The summed E-state index contributed by atoms with van der Waals surface area (Å²) in [7, 11) is 0. The van der Waals surface area contributed by atoms with E-state index in [0.29, 0.717) is 12.8 Å². The maximum absolute atomic E-state index is 12.1. The third kappa shape index (κ3) is 34.1. The Hall–Kier alpha value is -1.76. The molecule has 0 saturated heterocycles. The normalized spacial score (nSPS) is 11.8. The summed E-state index contributed by atoms with van der Waals surface area (Å²) in [6.07, 6.45) is 37.6. The van der Waals surface area contributed by atoms with Crippen molar-refractivity contribution in [2.75, 3.05) is 0 Å². The lowest BCUT2D eigenvalue weighted by Gasteiger charge is -2.10. The fraction of sp³-hybridized carbons (Fsp3) is 0.902. The van der Waals surface area contributed by atoms with Crippen LogP contribution in [0, 0.1) is 0 Å². The zero-order valence-corrected chi connectivity index (χ0v) is 31.6. The van der Waals surface area contributed by atoms with Crippen molar-refractivity contribution in [3.05, 3.63) is 0 Å². The van der Waals surface area contributed by atoms with Crippen LogP contribution in [0.3, 0.4) is 0 Å². The Labute approximate surface area is 296 Å². The Bertz CT molecular complexity index is 770. The quantitative estimate of drug-likeness (QED) is 0.0398. The lowest BCUT2D eigenvalue weighted by atomic mass is 10.0. The molecule has 7 heteroatoms. The molecule has 7 nitrogen and oxygen atoms in total. The Morgan fingerprint density at radius 3 is 0.938 bits per heavy atom. The van der Waals surface area contributed by atoms with Crippen molar-refractivity contribution in [3.63, 3.8) is 0 Å². The van der Waals surface area contributed by atoms with E-state index in [2.05, 4.69) is 13.8 Å². The highest BCUT2D eigenvalue weighted by molar-refractivity contribution is 5.89. The Balaban J connectivity index is 3.60. The first-order chi connectivity index (χ1) is 23.4. The number of hydrogen-bond acceptors (Lipinski definition) is 7. The third-order valence-electron chi connectivity index (χ3n) is 9.37. The summed E-state index contributed by atoms with van der Waals surface area (Å²) in [6, 6.07) is -1.10. The molecule has 0 rings (SSSR count). The van der Waals surface area contributed by atoms with Crippen LogP contribution < -0.4 is 5.73 Å². The molecule has 1 unspecified atom stereocenters. The zero-order valence-electron chi connectivity index (χ0n) is 31.6. The number of ether oxygens (including phenoxy) is 2. The van der Waals surface area contributed by atoms with Crippen LogP contribution >= 0.6 is 0 Å². The molecule has 0 saturated carbocycles. The molecule has 0 radical (unpaired) electrons. The summed E-state index contributed by atoms with van der Waals surface area (Å²) in [5.74, 6) is -2.65. The number of unbranched alkanes of at least 4 members (excludes halogenated alkanes) is 28. The van der Waals surface area contributed by atoms with E-state index in [4.69, 9.17) is 15.2 Å². The van der Waals surface area contributed by atoms with Crippen molar-refractivity contribution < 1.29 is 28.7 Å². The van der Waals surface area contributed by atoms with Crippen molar-refractivity contribution in [3.8, 4) is 0 Å².